The molecule has 1 unspecified atom stereocenters. The average molecular weight is 197 g/mol. The summed E-state index contributed by atoms with van der Waals surface area (Å²) < 4.78 is 0. The van der Waals surface area contributed by atoms with Crippen molar-refractivity contribution in [3.8, 4) is 0 Å². The van der Waals surface area contributed by atoms with Gasteiger partial charge in [-0.05, 0) is 11.6 Å². The van der Waals surface area contributed by atoms with Crippen LogP contribution in [-0.2, 0) is 10.3 Å². The van der Waals surface area contributed by atoms with Gasteiger partial charge in [0, 0.05) is 18.0 Å². The maximum atomic E-state index is 11.8. The Kier molecular flexibility index (Phi) is 1.48. The minimum Gasteiger partial charge on any atom is -0.269 e. The lowest BCUT2D eigenvalue weighted by molar-refractivity contribution is -0.121. The number of fused-ring (bicyclic) bond motifs is 2. The molecule has 2 aliphatic heterocycles. The predicted molar refractivity (Wildman–Crippen MR) is 54.7 cm³/mol. The lowest BCUT2D eigenvalue weighted by Gasteiger charge is -2.23. The van der Waals surface area contributed by atoms with Gasteiger partial charge in [-0.25, -0.2) is 4.99 Å². The SMILES string of the molecule is O=C1N=Cc2ccccc2C12C=CN=N2. The van der Waals surface area contributed by atoms with Gasteiger partial charge in [-0.2, -0.15) is 10.2 Å². The van der Waals surface area contributed by atoms with Crippen LogP contribution in [0.1, 0.15) is 11.1 Å². The average Bonchev–Trinajstić information content (AvgIpc) is 2.75. The van der Waals surface area contributed by atoms with Crippen LogP contribution in [0.5, 0.6) is 0 Å². The van der Waals surface area contributed by atoms with Gasteiger partial charge in [-0.15, -0.1) is 0 Å². The molecule has 2 aliphatic rings. The number of amides is 1. The van der Waals surface area contributed by atoms with Crippen LogP contribution in [0.4, 0.5) is 0 Å². The van der Waals surface area contributed by atoms with Gasteiger partial charge in [0.25, 0.3) is 5.91 Å². The molecular formula is C11H7N3O. The minimum absolute atomic E-state index is 0.279. The molecular weight excluding hydrogens is 190 g/mol. The standard InChI is InChI=1S/C11H7N3O/c15-10-11(5-6-13-14-11)9-4-2-1-3-8(9)7-12-10/h1-7H. The molecule has 1 aromatic carbocycles. The van der Waals surface area contributed by atoms with E-state index >= 15 is 0 Å². The third kappa shape index (κ3) is 0.958. The van der Waals surface area contributed by atoms with E-state index in [1.165, 1.54) is 6.20 Å². The maximum Gasteiger partial charge on any atom is 0.284 e. The quantitative estimate of drug-likeness (QED) is 0.625. The van der Waals surface area contributed by atoms with Gasteiger partial charge in [0.1, 0.15) is 0 Å². The number of nitrogens with zero attached hydrogens (tertiary/aromatic N) is 3. The van der Waals surface area contributed by atoms with E-state index < -0.39 is 5.54 Å². The molecule has 1 atom stereocenters. The van der Waals surface area contributed by atoms with Crippen LogP contribution >= 0.6 is 0 Å². The second-order valence-electron chi connectivity index (χ2n) is 3.45. The molecule has 0 bridgehead atoms. The van der Waals surface area contributed by atoms with Gasteiger partial charge in [0.2, 0.25) is 5.54 Å². The molecule has 0 aliphatic carbocycles. The van der Waals surface area contributed by atoms with Crippen molar-refractivity contribution in [1.82, 2.24) is 0 Å². The van der Waals surface area contributed by atoms with Crippen LogP contribution < -0.4 is 0 Å². The largest absolute Gasteiger partial charge is 0.284 e. The number of benzene rings is 1. The summed E-state index contributed by atoms with van der Waals surface area (Å²) in [5.74, 6) is -0.279. The summed E-state index contributed by atoms with van der Waals surface area (Å²) in [6.45, 7) is 0. The summed E-state index contributed by atoms with van der Waals surface area (Å²) in [4.78, 5) is 15.6. The smallest absolute Gasteiger partial charge is 0.269 e. The molecule has 0 saturated carbocycles. The van der Waals surface area contributed by atoms with Crippen molar-refractivity contribution in [3.63, 3.8) is 0 Å². The first-order chi connectivity index (χ1) is 7.33. The molecule has 2 heterocycles. The molecule has 0 N–H and O–H groups in total. The van der Waals surface area contributed by atoms with E-state index in [-0.39, 0.29) is 5.91 Å². The van der Waals surface area contributed by atoms with Gasteiger partial charge in [0.05, 0.1) is 0 Å². The van der Waals surface area contributed by atoms with Crippen LogP contribution in [-0.4, -0.2) is 12.1 Å². The van der Waals surface area contributed by atoms with Gasteiger partial charge in [-0.3, -0.25) is 4.79 Å². The number of carbonyl (C=O) groups is 1. The van der Waals surface area contributed by atoms with Gasteiger partial charge < -0.3 is 0 Å². The first-order valence-corrected chi connectivity index (χ1v) is 4.61. The molecule has 0 fully saturated rings. The second-order valence-corrected chi connectivity index (χ2v) is 3.45. The highest BCUT2D eigenvalue weighted by molar-refractivity contribution is 6.04. The Morgan fingerprint density at radius 1 is 1.20 bits per heavy atom. The fraction of sp³-hybridized carbons (Fsp3) is 0.0909. The molecule has 1 aromatic rings. The Bertz CT molecular complexity index is 516. The zero-order valence-electron chi connectivity index (χ0n) is 7.79. The van der Waals surface area contributed by atoms with E-state index in [0.29, 0.717) is 0 Å². The van der Waals surface area contributed by atoms with Crippen LogP contribution in [0.3, 0.4) is 0 Å². The Balaban J connectivity index is 2.32. The summed E-state index contributed by atoms with van der Waals surface area (Å²) in [6, 6.07) is 7.58. The van der Waals surface area contributed by atoms with Crippen molar-refractivity contribution in [2.75, 3.05) is 0 Å². The molecule has 0 saturated heterocycles. The summed E-state index contributed by atoms with van der Waals surface area (Å²) in [7, 11) is 0. The molecule has 0 radical (unpaired) electrons. The van der Waals surface area contributed by atoms with E-state index in [9.17, 15) is 4.79 Å². The van der Waals surface area contributed by atoms with Gasteiger partial charge in [-0.1, -0.05) is 24.3 Å². The lowest BCUT2D eigenvalue weighted by Crippen LogP contribution is -2.33. The highest BCUT2D eigenvalue weighted by Crippen LogP contribution is 2.36. The van der Waals surface area contributed by atoms with E-state index in [0.717, 1.165) is 11.1 Å². The topological polar surface area (TPSA) is 54.1 Å². The summed E-state index contributed by atoms with van der Waals surface area (Å²) >= 11 is 0. The Labute approximate surface area is 86.1 Å². The highest BCUT2D eigenvalue weighted by atomic mass is 16.2. The Morgan fingerprint density at radius 2 is 2.07 bits per heavy atom. The molecule has 72 valence electrons. The van der Waals surface area contributed by atoms with Gasteiger partial charge in [0.15, 0.2) is 0 Å². The van der Waals surface area contributed by atoms with Crippen LogP contribution in [0.2, 0.25) is 0 Å². The fourth-order valence-electron chi connectivity index (χ4n) is 1.86. The number of hydrogen-bond acceptors (Lipinski definition) is 3. The lowest BCUT2D eigenvalue weighted by atomic mass is 9.85. The Morgan fingerprint density at radius 3 is 2.87 bits per heavy atom. The van der Waals surface area contributed by atoms with Crippen LogP contribution in [0.15, 0.2) is 51.8 Å². The fourth-order valence-corrected chi connectivity index (χ4v) is 1.86. The van der Waals surface area contributed by atoms with Gasteiger partial charge >= 0.3 is 0 Å². The zero-order chi connectivity index (χ0) is 10.3. The summed E-state index contributed by atoms with van der Waals surface area (Å²) in [5.41, 5.74) is 0.774. The monoisotopic (exact) mass is 197 g/mol. The predicted octanol–water partition coefficient (Wildman–Crippen LogP) is 1.82. The molecule has 4 heteroatoms. The highest BCUT2D eigenvalue weighted by Gasteiger charge is 2.43. The number of carbonyl (C=O) groups excluding carboxylic acids is 1. The number of hydrogen-bond donors (Lipinski definition) is 0. The normalized spacial score (nSPS) is 26.3. The molecule has 4 nitrogen and oxygen atoms in total. The van der Waals surface area contributed by atoms with Crippen molar-refractivity contribution in [1.29, 1.82) is 0 Å². The van der Waals surface area contributed by atoms with E-state index in [4.69, 9.17) is 0 Å². The minimum atomic E-state index is -0.995. The molecule has 1 amide bonds. The number of aliphatic imine (C=N–C) groups is 1. The first kappa shape index (κ1) is 8.23. The van der Waals surface area contributed by atoms with Crippen LogP contribution in [0, 0.1) is 0 Å². The molecule has 1 spiro atoms. The van der Waals surface area contributed by atoms with Crippen molar-refractivity contribution in [3.05, 3.63) is 47.7 Å². The van der Waals surface area contributed by atoms with E-state index in [1.54, 1.807) is 12.3 Å². The second kappa shape index (κ2) is 2.70. The van der Waals surface area contributed by atoms with Crippen molar-refractivity contribution >= 4 is 12.1 Å². The molecule has 3 rings (SSSR count). The number of azo groups is 1. The molecule has 15 heavy (non-hydrogen) atoms. The van der Waals surface area contributed by atoms with E-state index in [2.05, 4.69) is 15.2 Å². The number of rotatable bonds is 0. The third-order valence-electron chi connectivity index (χ3n) is 2.62. The Hall–Kier alpha value is -2.10. The van der Waals surface area contributed by atoms with Crippen LogP contribution in [0.25, 0.3) is 0 Å². The van der Waals surface area contributed by atoms with E-state index in [1.807, 2.05) is 24.3 Å². The first-order valence-electron chi connectivity index (χ1n) is 4.61. The zero-order valence-corrected chi connectivity index (χ0v) is 7.79. The third-order valence-corrected chi connectivity index (χ3v) is 2.62. The summed E-state index contributed by atoms with van der Waals surface area (Å²) in [6.07, 6.45) is 4.80. The van der Waals surface area contributed by atoms with Crippen molar-refractivity contribution in [2.45, 2.75) is 5.54 Å². The molecule has 0 aromatic heterocycles. The van der Waals surface area contributed by atoms with Crippen molar-refractivity contribution < 1.29 is 4.79 Å². The van der Waals surface area contributed by atoms with Crippen molar-refractivity contribution in [2.24, 2.45) is 15.2 Å². The maximum absolute atomic E-state index is 11.8. The summed E-state index contributed by atoms with van der Waals surface area (Å²) in [5, 5.41) is 7.76.